The fourth-order valence-corrected chi connectivity index (χ4v) is 2.17. The number of aromatic nitrogens is 1. The third kappa shape index (κ3) is 1.43. The topological polar surface area (TPSA) is 27.8 Å². The number of hydrogen-bond donors (Lipinski definition) is 2. The molecule has 0 atom stereocenters. The van der Waals surface area contributed by atoms with E-state index in [9.17, 15) is 0 Å². The summed E-state index contributed by atoms with van der Waals surface area (Å²) < 4.78 is 0. The summed E-state index contributed by atoms with van der Waals surface area (Å²) in [6, 6.07) is 8.49. The van der Waals surface area contributed by atoms with Gasteiger partial charge < -0.3 is 10.3 Å². The molecule has 0 aliphatic carbocycles. The summed E-state index contributed by atoms with van der Waals surface area (Å²) in [4.78, 5) is 3.24. The number of nitrogens with one attached hydrogen (secondary N) is 2. The molecule has 1 aromatic heterocycles. The Morgan fingerprint density at radius 2 is 2.12 bits per heavy atom. The first-order valence-corrected chi connectivity index (χ1v) is 5.52. The molecular formula is C14H14N2. The summed E-state index contributed by atoms with van der Waals surface area (Å²) in [6.45, 7) is 3.10. The molecule has 3 rings (SSSR count). The number of rotatable bonds is 1. The van der Waals surface area contributed by atoms with E-state index in [1.165, 1.54) is 27.6 Å². The second-order valence-electron chi connectivity index (χ2n) is 4.22. The first-order valence-electron chi connectivity index (χ1n) is 5.52. The van der Waals surface area contributed by atoms with Crippen LogP contribution in [-0.4, -0.2) is 11.5 Å². The van der Waals surface area contributed by atoms with Crippen molar-refractivity contribution in [2.75, 3.05) is 6.54 Å². The molecule has 1 aromatic carbocycles. The fraction of sp³-hybridized carbons (Fsp3) is 0.143. The highest BCUT2D eigenvalue weighted by molar-refractivity contribution is 5.95. The highest BCUT2D eigenvalue weighted by Crippen LogP contribution is 2.26. The number of hydrogen-bond acceptors (Lipinski definition) is 1. The highest BCUT2D eigenvalue weighted by atomic mass is 14.8. The van der Waals surface area contributed by atoms with E-state index in [1.807, 2.05) is 6.20 Å². The minimum atomic E-state index is 0.951. The Morgan fingerprint density at radius 3 is 3.00 bits per heavy atom. The second kappa shape index (κ2) is 3.56. The lowest BCUT2D eigenvalue weighted by Crippen LogP contribution is -2.12. The summed E-state index contributed by atoms with van der Waals surface area (Å²) in [6.07, 6.45) is 6.33. The quantitative estimate of drug-likeness (QED) is 0.744. The van der Waals surface area contributed by atoms with E-state index in [1.54, 1.807) is 0 Å². The molecule has 0 unspecified atom stereocenters. The Bertz CT molecular complexity index is 588. The largest absolute Gasteiger partial charge is 0.387 e. The standard InChI is InChI=1S/C14H14N2/c1-10-7-11(9-15-8-10)12-3-2-4-14-13(12)5-6-16-14/h2-7,9,15-16H,8H2,1H3. The van der Waals surface area contributed by atoms with E-state index in [0.717, 1.165) is 6.54 Å². The van der Waals surface area contributed by atoms with Gasteiger partial charge in [-0.2, -0.15) is 0 Å². The fourth-order valence-electron chi connectivity index (χ4n) is 2.17. The molecule has 0 fully saturated rings. The van der Waals surface area contributed by atoms with Crippen LogP contribution in [0, 0.1) is 0 Å². The molecule has 2 nitrogen and oxygen atoms in total. The maximum absolute atomic E-state index is 3.30. The van der Waals surface area contributed by atoms with Gasteiger partial charge in [-0.3, -0.25) is 0 Å². The first kappa shape index (κ1) is 9.28. The summed E-state index contributed by atoms with van der Waals surface area (Å²) in [5.74, 6) is 0. The SMILES string of the molecule is CC1=CC(c2cccc3[nH]ccc23)=CNC1. The molecular weight excluding hydrogens is 196 g/mol. The zero-order chi connectivity index (χ0) is 11.0. The van der Waals surface area contributed by atoms with Gasteiger partial charge in [0.25, 0.3) is 0 Å². The highest BCUT2D eigenvalue weighted by Gasteiger charge is 2.07. The smallest absolute Gasteiger partial charge is 0.0460 e. The second-order valence-corrected chi connectivity index (χ2v) is 4.22. The lowest BCUT2D eigenvalue weighted by molar-refractivity contribution is 0.925. The molecule has 0 bridgehead atoms. The van der Waals surface area contributed by atoms with Gasteiger partial charge in [0.2, 0.25) is 0 Å². The molecule has 0 radical (unpaired) electrons. The minimum Gasteiger partial charge on any atom is -0.387 e. The molecule has 0 saturated carbocycles. The monoisotopic (exact) mass is 210 g/mol. The van der Waals surface area contributed by atoms with Crippen molar-refractivity contribution >= 4 is 16.5 Å². The molecule has 1 aliphatic heterocycles. The Balaban J connectivity index is 2.19. The van der Waals surface area contributed by atoms with Crippen molar-refractivity contribution in [2.24, 2.45) is 0 Å². The number of dihydropyridines is 1. The van der Waals surface area contributed by atoms with Crippen LogP contribution in [0.4, 0.5) is 0 Å². The Kier molecular flexibility index (Phi) is 2.07. The predicted molar refractivity (Wildman–Crippen MR) is 68.0 cm³/mol. The average molecular weight is 210 g/mol. The third-order valence-corrected chi connectivity index (χ3v) is 2.95. The van der Waals surface area contributed by atoms with Crippen LogP contribution in [0.25, 0.3) is 16.5 Å². The van der Waals surface area contributed by atoms with Gasteiger partial charge in [0.05, 0.1) is 0 Å². The van der Waals surface area contributed by atoms with Crippen molar-refractivity contribution in [3.63, 3.8) is 0 Å². The zero-order valence-electron chi connectivity index (χ0n) is 9.25. The average Bonchev–Trinajstić information content (AvgIpc) is 2.76. The molecule has 2 heterocycles. The van der Waals surface area contributed by atoms with Gasteiger partial charge in [0.15, 0.2) is 0 Å². The van der Waals surface area contributed by atoms with Crippen LogP contribution < -0.4 is 5.32 Å². The van der Waals surface area contributed by atoms with E-state index in [4.69, 9.17) is 0 Å². The van der Waals surface area contributed by atoms with Gasteiger partial charge in [0.1, 0.15) is 0 Å². The van der Waals surface area contributed by atoms with Gasteiger partial charge >= 0.3 is 0 Å². The number of aromatic amines is 1. The van der Waals surface area contributed by atoms with Crippen molar-refractivity contribution in [1.82, 2.24) is 10.3 Å². The summed E-state index contributed by atoms with van der Waals surface area (Å²) in [5, 5.41) is 4.58. The van der Waals surface area contributed by atoms with Crippen LogP contribution in [-0.2, 0) is 0 Å². The maximum atomic E-state index is 3.30. The van der Waals surface area contributed by atoms with Gasteiger partial charge in [-0.25, -0.2) is 0 Å². The van der Waals surface area contributed by atoms with Crippen LogP contribution in [0.3, 0.4) is 0 Å². The van der Waals surface area contributed by atoms with Crippen molar-refractivity contribution in [3.8, 4) is 0 Å². The van der Waals surface area contributed by atoms with Crippen LogP contribution in [0.2, 0.25) is 0 Å². The number of benzene rings is 1. The Hall–Kier alpha value is -1.96. The third-order valence-electron chi connectivity index (χ3n) is 2.95. The lowest BCUT2D eigenvalue weighted by atomic mass is 9.99. The van der Waals surface area contributed by atoms with E-state index in [-0.39, 0.29) is 0 Å². The van der Waals surface area contributed by atoms with Gasteiger partial charge in [-0.05, 0) is 30.2 Å². The summed E-state index contributed by atoms with van der Waals surface area (Å²) >= 11 is 0. The van der Waals surface area contributed by atoms with Crippen LogP contribution >= 0.6 is 0 Å². The van der Waals surface area contributed by atoms with Crippen LogP contribution in [0.15, 0.2) is 48.3 Å². The van der Waals surface area contributed by atoms with Crippen LogP contribution in [0.1, 0.15) is 12.5 Å². The van der Waals surface area contributed by atoms with Gasteiger partial charge in [-0.15, -0.1) is 0 Å². The minimum absolute atomic E-state index is 0.951. The molecule has 0 spiro atoms. The predicted octanol–water partition coefficient (Wildman–Crippen LogP) is 3.06. The Morgan fingerprint density at radius 1 is 1.19 bits per heavy atom. The van der Waals surface area contributed by atoms with Crippen molar-refractivity contribution in [3.05, 3.63) is 53.9 Å². The summed E-state index contributed by atoms with van der Waals surface area (Å²) in [5.41, 5.74) is 5.10. The van der Waals surface area contributed by atoms with E-state index in [2.05, 4.69) is 53.8 Å². The molecule has 0 amide bonds. The molecule has 16 heavy (non-hydrogen) atoms. The van der Waals surface area contributed by atoms with E-state index >= 15 is 0 Å². The molecule has 80 valence electrons. The van der Waals surface area contributed by atoms with Crippen LogP contribution in [0.5, 0.6) is 0 Å². The molecule has 2 aromatic rings. The zero-order valence-corrected chi connectivity index (χ0v) is 9.25. The number of fused-ring (bicyclic) bond motifs is 1. The van der Waals surface area contributed by atoms with Gasteiger partial charge in [0, 0.05) is 29.8 Å². The molecule has 2 N–H and O–H groups in total. The Labute approximate surface area is 94.7 Å². The van der Waals surface area contributed by atoms with Gasteiger partial charge in [-0.1, -0.05) is 23.8 Å². The normalized spacial score (nSPS) is 15.6. The molecule has 0 saturated heterocycles. The maximum Gasteiger partial charge on any atom is 0.0460 e. The van der Waals surface area contributed by atoms with E-state index < -0.39 is 0 Å². The van der Waals surface area contributed by atoms with E-state index in [0.29, 0.717) is 0 Å². The summed E-state index contributed by atoms with van der Waals surface area (Å²) in [7, 11) is 0. The molecule has 1 aliphatic rings. The first-order chi connectivity index (χ1) is 7.84. The number of allylic oxidation sites excluding steroid dienone is 2. The number of H-pyrrole nitrogens is 1. The van der Waals surface area contributed by atoms with Crippen molar-refractivity contribution < 1.29 is 0 Å². The van der Waals surface area contributed by atoms with Crippen molar-refractivity contribution in [1.29, 1.82) is 0 Å². The van der Waals surface area contributed by atoms with Crippen molar-refractivity contribution in [2.45, 2.75) is 6.92 Å². The lowest BCUT2D eigenvalue weighted by Gasteiger charge is -2.13. The molecule has 2 heteroatoms.